The summed E-state index contributed by atoms with van der Waals surface area (Å²) in [5.41, 5.74) is 4.32. The minimum Gasteiger partial charge on any atom is -0.338 e. The van der Waals surface area contributed by atoms with Gasteiger partial charge >= 0.3 is 0 Å². The fourth-order valence-corrected chi connectivity index (χ4v) is 5.15. The lowest BCUT2D eigenvalue weighted by atomic mass is 9.96. The Hall–Kier alpha value is -2.64. The molecule has 0 saturated carbocycles. The molecule has 0 aliphatic carbocycles. The van der Waals surface area contributed by atoms with Gasteiger partial charge in [-0.05, 0) is 37.1 Å². The van der Waals surface area contributed by atoms with Gasteiger partial charge in [0.25, 0.3) is 5.91 Å². The number of carbonyl (C=O) groups is 2. The second kappa shape index (κ2) is 9.91. The highest BCUT2D eigenvalue weighted by molar-refractivity contribution is 7.98. The van der Waals surface area contributed by atoms with Crippen molar-refractivity contribution in [2.24, 2.45) is 5.92 Å². The van der Waals surface area contributed by atoms with Crippen LogP contribution in [0.4, 0.5) is 5.69 Å². The summed E-state index contributed by atoms with van der Waals surface area (Å²) in [5.74, 6) is 0.506. The summed E-state index contributed by atoms with van der Waals surface area (Å²) < 4.78 is 0. The zero-order valence-corrected chi connectivity index (χ0v) is 18.1. The maximum atomic E-state index is 13.3. The van der Waals surface area contributed by atoms with Gasteiger partial charge in [-0.2, -0.15) is 0 Å². The van der Waals surface area contributed by atoms with E-state index in [0.717, 1.165) is 34.9 Å². The number of nitrogens with zero attached hydrogens (tertiary/aromatic N) is 2. The number of para-hydroxylation sites is 1. The van der Waals surface area contributed by atoms with Crippen LogP contribution in [0.3, 0.4) is 0 Å². The molecule has 154 valence electrons. The lowest BCUT2D eigenvalue weighted by Crippen LogP contribution is -2.43. The Morgan fingerprint density at radius 3 is 2.73 bits per heavy atom. The van der Waals surface area contributed by atoms with Gasteiger partial charge in [0.15, 0.2) is 0 Å². The van der Waals surface area contributed by atoms with Crippen molar-refractivity contribution < 1.29 is 9.59 Å². The summed E-state index contributed by atoms with van der Waals surface area (Å²) in [6, 6.07) is 17.2. The molecule has 3 aromatic rings. The van der Waals surface area contributed by atoms with Crippen molar-refractivity contribution in [1.82, 2.24) is 9.88 Å². The van der Waals surface area contributed by atoms with Crippen molar-refractivity contribution in [2.75, 3.05) is 18.4 Å². The first-order chi connectivity index (χ1) is 14.7. The van der Waals surface area contributed by atoms with Gasteiger partial charge in [0.1, 0.15) is 0 Å². The van der Waals surface area contributed by atoms with E-state index in [0.29, 0.717) is 18.7 Å². The molecular weight excluding hydrogens is 414 g/mol. The smallest absolute Gasteiger partial charge is 0.255 e. The fourth-order valence-electron chi connectivity index (χ4n) is 3.54. The van der Waals surface area contributed by atoms with E-state index in [-0.39, 0.29) is 17.7 Å². The molecule has 2 heterocycles. The standard InChI is InChI=1S/C23H23N3O2S2/c27-22(25-18-8-2-1-3-9-18)17-7-6-12-26(13-17)23(28)20-10-4-5-11-21(20)30-15-19-14-29-16-24-19/h1-5,8-11,14,16-17H,6-7,12-13,15H2,(H,25,27). The van der Waals surface area contributed by atoms with Crippen LogP contribution in [0.25, 0.3) is 0 Å². The van der Waals surface area contributed by atoms with Crippen LogP contribution in [0.1, 0.15) is 28.9 Å². The average molecular weight is 438 g/mol. The van der Waals surface area contributed by atoms with Crippen LogP contribution in [0.15, 0.2) is 70.4 Å². The van der Waals surface area contributed by atoms with Gasteiger partial charge < -0.3 is 10.2 Å². The zero-order valence-electron chi connectivity index (χ0n) is 16.5. The first-order valence-corrected chi connectivity index (χ1v) is 11.9. The van der Waals surface area contributed by atoms with Crippen LogP contribution in [-0.2, 0) is 10.5 Å². The molecule has 30 heavy (non-hydrogen) atoms. The highest BCUT2D eigenvalue weighted by Crippen LogP contribution is 2.28. The van der Waals surface area contributed by atoms with Crippen LogP contribution in [0.5, 0.6) is 0 Å². The molecule has 1 aliphatic rings. The highest BCUT2D eigenvalue weighted by atomic mass is 32.2. The number of hydrogen-bond donors (Lipinski definition) is 1. The first-order valence-electron chi connectivity index (χ1n) is 9.95. The molecular formula is C23H23N3O2S2. The van der Waals surface area contributed by atoms with Crippen LogP contribution in [-0.4, -0.2) is 34.8 Å². The Balaban J connectivity index is 1.42. The molecule has 1 fully saturated rings. The van der Waals surface area contributed by atoms with Crippen molar-refractivity contribution in [3.8, 4) is 0 Å². The molecule has 1 unspecified atom stereocenters. The number of anilines is 1. The summed E-state index contributed by atoms with van der Waals surface area (Å²) in [5, 5.41) is 5.00. The van der Waals surface area contributed by atoms with Gasteiger partial charge in [0.05, 0.1) is 22.7 Å². The number of aromatic nitrogens is 1. The molecule has 1 N–H and O–H groups in total. The molecule has 0 radical (unpaired) electrons. The first kappa shape index (κ1) is 20.6. The highest BCUT2D eigenvalue weighted by Gasteiger charge is 2.29. The van der Waals surface area contributed by atoms with Crippen molar-refractivity contribution in [2.45, 2.75) is 23.5 Å². The van der Waals surface area contributed by atoms with Gasteiger partial charge in [0, 0.05) is 34.8 Å². The predicted octanol–water partition coefficient (Wildman–Crippen LogP) is 4.93. The summed E-state index contributed by atoms with van der Waals surface area (Å²) in [6.07, 6.45) is 1.62. The number of likely N-dealkylation sites (tertiary alicyclic amines) is 1. The number of piperidine rings is 1. The zero-order chi connectivity index (χ0) is 20.8. The van der Waals surface area contributed by atoms with Crippen LogP contribution < -0.4 is 5.32 Å². The number of amides is 2. The molecule has 0 bridgehead atoms. The molecule has 1 aliphatic heterocycles. The van der Waals surface area contributed by atoms with E-state index < -0.39 is 0 Å². The Labute approximate surface area is 184 Å². The SMILES string of the molecule is O=C(Nc1ccccc1)C1CCCN(C(=O)c2ccccc2SCc2cscn2)C1. The molecule has 7 heteroatoms. The van der Waals surface area contributed by atoms with E-state index in [1.165, 1.54) is 0 Å². The van der Waals surface area contributed by atoms with Gasteiger partial charge in [-0.15, -0.1) is 23.1 Å². The van der Waals surface area contributed by atoms with Crippen molar-refractivity contribution in [3.63, 3.8) is 0 Å². The number of thiazole rings is 1. The van der Waals surface area contributed by atoms with E-state index in [9.17, 15) is 9.59 Å². The molecule has 2 aromatic carbocycles. The van der Waals surface area contributed by atoms with Crippen LogP contribution in [0.2, 0.25) is 0 Å². The molecule has 4 rings (SSSR count). The Kier molecular flexibility index (Phi) is 6.81. The Morgan fingerprint density at radius 1 is 1.13 bits per heavy atom. The second-order valence-electron chi connectivity index (χ2n) is 7.21. The predicted molar refractivity (Wildman–Crippen MR) is 122 cm³/mol. The van der Waals surface area contributed by atoms with E-state index in [1.54, 1.807) is 23.1 Å². The number of carbonyl (C=O) groups excluding carboxylic acids is 2. The normalized spacial score (nSPS) is 16.3. The largest absolute Gasteiger partial charge is 0.338 e. The van der Waals surface area contributed by atoms with Gasteiger partial charge in [-0.3, -0.25) is 9.59 Å². The second-order valence-corrected chi connectivity index (χ2v) is 8.95. The molecule has 1 aromatic heterocycles. The molecule has 0 spiro atoms. The van der Waals surface area contributed by atoms with Gasteiger partial charge in [-0.25, -0.2) is 4.98 Å². The van der Waals surface area contributed by atoms with Gasteiger partial charge in [0.2, 0.25) is 5.91 Å². The molecule has 1 saturated heterocycles. The van der Waals surface area contributed by atoms with Gasteiger partial charge in [-0.1, -0.05) is 30.3 Å². The number of hydrogen-bond acceptors (Lipinski definition) is 5. The average Bonchev–Trinajstić information content (AvgIpc) is 3.32. The molecule has 5 nitrogen and oxygen atoms in total. The van der Waals surface area contributed by atoms with Crippen LogP contribution in [0, 0.1) is 5.92 Å². The van der Waals surface area contributed by atoms with E-state index in [4.69, 9.17) is 0 Å². The minimum atomic E-state index is -0.197. The van der Waals surface area contributed by atoms with Crippen molar-refractivity contribution in [3.05, 3.63) is 76.7 Å². The monoisotopic (exact) mass is 437 g/mol. The summed E-state index contributed by atoms with van der Waals surface area (Å²) in [4.78, 5) is 33.1. The molecule has 1 atom stereocenters. The van der Waals surface area contributed by atoms with Crippen molar-refractivity contribution in [1.29, 1.82) is 0 Å². The number of rotatable bonds is 6. The third-order valence-electron chi connectivity index (χ3n) is 5.10. The topological polar surface area (TPSA) is 62.3 Å². The number of thioether (sulfide) groups is 1. The number of nitrogens with one attached hydrogen (secondary N) is 1. The fraction of sp³-hybridized carbons (Fsp3) is 0.261. The van der Waals surface area contributed by atoms with Crippen molar-refractivity contribution >= 4 is 40.6 Å². The third kappa shape index (κ3) is 5.09. The summed E-state index contributed by atoms with van der Waals surface area (Å²) in [6.45, 7) is 1.13. The maximum Gasteiger partial charge on any atom is 0.255 e. The van der Waals surface area contributed by atoms with E-state index in [2.05, 4.69) is 10.3 Å². The Morgan fingerprint density at radius 2 is 1.93 bits per heavy atom. The Bertz CT molecular complexity index is 993. The minimum absolute atomic E-state index is 0.00594. The lowest BCUT2D eigenvalue weighted by molar-refractivity contribution is -0.121. The maximum absolute atomic E-state index is 13.3. The van der Waals surface area contributed by atoms with E-state index >= 15 is 0 Å². The van der Waals surface area contributed by atoms with E-state index in [1.807, 2.05) is 70.4 Å². The third-order valence-corrected chi connectivity index (χ3v) is 6.84. The quantitative estimate of drug-likeness (QED) is 0.556. The van der Waals surface area contributed by atoms with Crippen LogP contribution >= 0.6 is 23.1 Å². The number of benzene rings is 2. The summed E-state index contributed by atoms with van der Waals surface area (Å²) in [7, 11) is 0. The lowest BCUT2D eigenvalue weighted by Gasteiger charge is -2.32. The summed E-state index contributed by atoms with van der Waals surface area (Å²) >= 11 is 3.20. The molecule has 2 amide bonds.